The number of nitrogens with zero attached hydrogens (tertiary/aromatic N) is 1. The van der Waals surface area contributed by atoms with E-state index in [0.29, 0.717) is 17.6 Å². The smallest absolute Gasteiger partial charge is 0.337 e. The fourth-order valence-corrected chi connectivity index (χ4v) is 4.81. The van der Waals surface area contributed by atoms with Crippen LogP contribution in [0.15, 0.2) is 47.1 Å². The van der Waals surface area contributed by atoms with Gasteiger partial charge in [-0.3, -0.25) is 9.78 Å². The standard InChI is InChI=1S/C23H28N2O3/c1-14-19(22(27)28-16-8-4-5-9-16)20(15-7-6-10-24-13-15)21-17(25-14)11-23(2,3)12-18(21)26/h6-7,10,13,16,20,25H,4-5,8-9,11-12H2,1-3H3/t20-/m1/s1. The number of ether oxygens (including phenoxy) is 1. The van der Waals surface area contributed by atoms with Gasteiger partial charge in [0.2, 0.25) is 0 Å². The van der Waals surface area contributed by atoms with Crippen molar-refractivity contribution in [3.05, 3.63) is 52.6 Å². The quantitative estimate of drug-likeness (QED) is 0.797. The number of aromatic nitrogens is 1. The van der Waals surface area contributed by atoms with Crippen molar-refractivity contribution in [2.45, 2.75) is 71.3 Å². The molecule has 2 aliphatic carbocycles. The van der Waals surface area contributed by atoms with Crippen molar-refractivity contribution in [3.63, 3.8) is 0 Å². The normalized spacial score (nSPS) is 24.8. The van der Waals surface area contributed by atoms with Gasteiger partial charge in [-0.15, -0.1) is 0 Å². The van der Waals surface area contributed by atoms with E-state index in [1.165, 1.54) is 0 Å². The molecule has 0 amide bonds. The Hall–Kier alpha value is -2.43. The van der Waals surface area contributed by atoms with E-state index in [0.717, 1.165) is 49.1 Å². The Morgan fingerprint density at radius 2 is 2.00 bits per heavy atom. The van der Waals surface area contributed by atoms with Gasteiger partial charge in [0, 0.05) is 41.7 Å². The van der Waals surface area contributed by atoms with Gasteiger partial charge in [-0.1, -0.05) is 19.9 Å². The number of hydrogen-bond acceptors (Lipinski definition) is 5. The largest absolute Gasteiger partial charge is 0.459 e. The van der Waals surface area contributed by atoms with E-state index in [4.69, 9.17) is 4.74 Å². The summed E-state index contributed by atoms with van der Waals surface area (Å²) in [7, 11) is 0. The molecule has 5 heteroatoms. The number of carbonyl (C=O) groups excluding carboxylic acids is 2. The minimum Gasteiger partial charge on any atom is -0.459 e. The van der Waals surface area contributed by atoms with E-state index in [1.54, 1.807) is 12.4 Å². The number of allylic oxidation sites excluding steroid dienone is 3. The lowest BCUT2D eigenvalue weighted by Gasteiger charge is -2.39. The minimum absolute atomic E-state index is 0.0151. The molecule has 0 bridgehead atoms. The van der Waals surface area contributed by atoms with Gasteiger partial charge in [0.25, 0.3) is 0 Å². The average molecular weight is 380 g/mol. The number of rotatable bonds is 3. The molecule has 2 heterocycles. The molecule has 1 aliphatic heterocycles. The lowest BCUT2D eigenvalue weighted by Crippen LogP contribution is -2.39. The third kappa shape index (κ3) is 3.50. The van der Waals surface area contributed by atoms with Crippen molar-refractivity contribution in [1.82, 2.24) is 10.3 Å². The van der Waals surface area contributed by atoms with Crippen LogP contribution in [0.1, 0.15) is 70.8 Å². The molecular weight excluding hydrogens is 352 g/mol. The van der Waals surface area contributed by atoms with Gasteiger partial charge < -0.3 is 10.1 Å². The molecule has 1 aromatic rings. The summed E-state index contributed by atoms with van der Waals surface area (Å²) in [5.41, 5.74) is 3.74. The zero-order chi connectivity index (χ0) is 19.9. The maximum absolute atomic E-state index is 13.2. The molecule has 1 saturated carbocycles. The highest BCUT2D eigenvalue weighted by Gasteiger charge is 2.43. The summed E-state index contributed by atoms with van der Waals surface area (Å²) >= 11 is 0. The van der Waals surface area contributed by atoms with Crippen LogP contribution in [0, 0.1) is 5.41 Å². The Kier molecular flexibility index (Phi) is 4.86. The number of hydrogen-bond donors (Lipinski definition) is 1. The van der Waals surface area contributed by atoms with Crippen molar-refractivity contribution in [2.24, 2.45) is 5.41 Å². The molecule has 1 fully saturated rings. The third-order valence-electron chi connectivity index (χ3n) is 6.05. The number of pyridine rings is 1. The van der Waals surface area contributed by atoms with Crippen molar-refractivity contribution >= 4 is 11.8 Å². The zero-order valence-electron chi connectivity index (χ0n) is 16.9. The molecule has 0 radical (unpaired) electrons. The summed E-state index contributed by atoms with van der Waals surface area (Å²) in [5.74, 6) is -0.622. The number of dihydropyridines is 1. The summed E-state index contributed by atoms with van der Waals surface area (Å²) < 4.78 is 5.84. The molecule has 28 heavy (non-hydrogen) atoms. The van der Waals surface area contributed by atoms with E-state index in [1.807, 2.05) is 19.1 Å². The maximum Gasteiger partial charge on any atom is 0.337 e. The molecule has 0 spiro atoms. The van der Waals surface area contributed by atoms with Crippen molar-refractivity contribution < 1.29 is 14.3 Å². The Labute approximate surface area is 166 Å². The number of ketones is 1. The van der Waals surface area contributed by atoms with Gasteiger partial charge >= 0.3 is 5.97 Å². The molecule has 1 aromatic heterocycles. The second-order valence-electron chi connectivity index (χ2n) is 9.03. The SMILES string of the molecule is CC1=C(C(=O)OC2CCCC2)[C@@H](c2cccnc2)C2=C(CC(C)(C)CC2=O)N1. The second-order valence-corrected chi connectivity index (χ2v) is 9.03. The first-order chi connectivity index (χ1) is 13.4. The molecule has 3 aliphatic rings. The van der Waals surface area contributed by atoms with Crippen LogP contribution in [0.25, 0.3) is 0 Å². The number of nitrogens with one attached hydrogen (secondary N) is 1. The van der Waals surface area contributed by atoms with E-state index in [9.17, 15) is 9.59 Å². The van der Waals surface area contributed by atoms with Crippen LogP contribution in [0.3, 0.4) is 0 Å². The Balaban J connectivity index is 1.76. The fraction of sp³-hybridized carbons (Fsp3) is 0.522. The first kappa shape index (κ1) is 18.9. The van der Waals surface area contributed by atoms with Gasteiger partial charge in [-0.2, -0.15) is 0 Å². The lowest BCUT2D eigenvalue weighted by atomic mass is 9.69. The Morgan fingerprint density at radius 3 is 2.68 bits per heavy atom. The highest BCUT2D eigenvalue weighted by molar-refractivity contribution is 6.04. The first-order valence-electron chi connectivity index (χ1n) is 10.2. The monoisotopic (exact) mass is 380 g/mol. The number of esters is 1. The molecule has 1 atom stereocenters. The van der Waals surface area contributed by atoms with Gasteiger partial charge in [0.15, 0.2) is 5.78 Å². The molecule has 5 nitrogen and oxygen atoms in total. The number of carbonyl (C=O) groups is 2. The van der Waals surface area contributed by atoms with Crippen LogP contribution in [0.4, 0.5) is 0 Å². The van der Waals surface area contributed by atoms with Crippen LogP contribution in [-0.4, -0.2) is 22.8 Å². The molecule has 0 saturated heterocycles. The molecule has 4 rings (SSSR count). The molecule has 0 unspecified atom stereocenters. The molecular formula is C23H28N2O3. The van der Waals surface area contributed by atoms with Crippen molar-refractivity contribution in [2.75, 3.05) is 0 Å². The predicted octanol–water partition coefficient (Wildman–Crippen LogP) is 4.17. The lowest BCUT2D eigenvalue weighted by molar-refractivity contribution is -0.144. The van der Waals surface area contributed by atoms with Crippen LogP contribution in [-0.2, 0) is 14.3 Å². The second kappa shape index (κ2) is 7.19. The molecule has 1 N–H and O–H groups in total. The van der Waals surface area contributed by atoms with E-state index < -0.39 is 5.92 Å². The van der Waals surface area contributed by atoms with Crippen LogP contribution in [0.2, 0.25) is 0 Å². The highest BCUT2D eigenvalue weighted by atomic mass is 16.5. The Morgan fingerprint density at radius 1 is 1.25 bits per heavy atom. The predicted molar refractivity (Wildman–Crippen MR) is 106 cm³/mol. The van der Waals surface area contributed by atoms with E-state index in [-0.39, 0.29) is 23.3 Å². The first-order valence-corrected chi connectivity index (χ1v) is 10.2. The third-order valence-corrected chi connectivity index (χ3v) is 6.05. The minimum atomic E-state index is -0.414. The topological polar surface area (TPSA) is 68.3 Å². The van der Waals surface area contributed by atoms with Gasteiger partial charge in [-0.25, -0.2) is 4.79 Å². The highest BCUT2D eigenvalue weighted by Crippen LogP contribution is 2.46. The summed E-state index contributed by atoms with van der Waals surface area (Å²) in [6.07, 6.45) is 8.75. The van der Waals surface area contributed by atoms with Gasteiger partial charge in [0.05, 0.1) is 5.57 Å². The maximum atomic E-state index is 13.2. The number of Topliss-reactive ketones (excluding diaryl/α,β-unsaturated/α-hetero) is 1. The van der Waals surface area contributed by atoms with E-state index in [2.05, 4.69) is 24.1 Å². The van der Waals surface area contributed by atoms with Crippen molar-refractivity contribution in [1.29, 1.82) is 0 Å². The fourth-order valence-electron chi connectivity index (χ4n) is 4.81. The van der Waals surface area contributed by atoms with Crippen LogP contribution >= 0.6 is 0 Å². The van der Waals surface area contributed by atoms with Gasteiger partial charge in [0.1, 0.15) is 6.10 Å². The van der Waals surface area contributed by atoms with Crippen LogP contribution < -0.4 is 5.32 Å². The zero-order valence-corrected chi connectivity index (χ0v) is 16.9. The van der Waals surface area contributed by atoms with E-state index >= 15 is 0 Å². The van der Waals surface area contributed by atoms with Crippen LogP contribution in [0.5, 0.6) is 0 Å². The summed E-state index contributed by atoms with van der Waals surface area (Å²) in [5, 5.41) is 3.38. The summed E-state index contributed by atoms with van der Waals surface area (Å²) in [4.78, 5) is 30.6. The van der Waals surface area contributed by atoms with Gasteiger partial charge in [-0.05, 0) is 56.1 Å². The molecule has 0 aromatic carbocycles. The average Bonchev–Trinajstić information content (AvgIpc) is 3.13. The summed E-state index contributed by atoms with van der Waals surface area (Å²) in [6.45, 7) is 6.13. The Bertz CT molecular complexity index is 861. The molecule has 148 valence electrons. The summed E-state index contributed by atoms with van der Waals surface area (Å²) in [6, 6.07) is 3.79. The van der Waals surface area contributed by atoms with Crippen molar-refractivity contribution in [3.8, 4) is 0 Å².